The molecular formula is C45H27N3O2. The van der Waals surface area contributed by atoms with E-state index in [9.17, 15) is 0 Å². The van der Waals surface area contributed by atoms with Gasteiger partial charge in [-0.2, -0.15) is 0 Å². The van der Waals surface area contributed by atoms with Crippen molar-refractivity contribution in [2.24, 2.45) is 0 Å². The molecule has 0 bridgehead atoms. The van der Waals surface area contributed by atoms with Gasteiger partial charge in [-0.1, -0.05) is 127 Å². The van der Waals surface area contributed by atoms with Crippen LogP contribution in [0.3, 0.4) is 0 Å². The standard InChI is InChI=1S/C45H27N3O2/c1-4-13-28(14-5-1)32-25-37(29-15-6-2-7-16-29)42-38(26-32)34-24-23-31(27-40(34)50-42)44-46-43(30-17-8-3-9-18-30)47-45(48-44)36-21-12-20-35-33-19-10-11-22-39(33)49-41(35)36/h1-27H/i2D,6D,7D,15D,16D. The molecule has 0 aliphatic carbocycles. The molecule has 0 amide bonds. The highest BCUT2D eigenvalue weighted by molar-refractivity contribution is 6.12. The summed E-state index contributed by atoms with van der Waals surface area (Å²) in [5.74, 6) is 1.37. The molecule has 0 N–H and O–H groups in total. The summed E-state index contributed by atoms with van der Waals surface area (Å²) in [7, 11) is 0. The van der Waals surface area contributed by atoms with Gasteiger partial charge in [0.05, 0.1) is 12.4 Å². The molecule has 10 rings (SSSR count). The molecule has 5 heteroatoms. The summed E-state index contributed by atoms with van der Waals surface area (Å²) in [5.41, 5.74) is 6.82. The molecule has 0 atom stereocenters. The first-order valence-electron chi connectivity index (χ1n) is 18.7. The van der Waals surface area contributed by atoms with Gasteiger partial charge in [-0.15, -0.1) is 0 Å². The second-order valence-electron chi connectivity index (χ2n) is 12.0. The Morgan fingerprint density at radius 3 is 1.84 bits per heavy atom. The molecule has 234 valence electrons. The Labute approximate surface area is 294 Å². The minimum absolute atomic E-state index is 0.0717. The summed E-state index contributed by atoms with van der Waals surface area (Å²) < 4.78 is 55.6. The molecule has 0 saturated heterocycles. The van der Waals surface area contributed by atoms with Crippen LogP contribution < -0.4 is 0 Å². The summed E-state index contributed by atoms with van der Waals surface area (Å²) >= 11 is 0. The predicted octanol–water partition coefficient (Wildman–Crippen LogP) is 12.0. The largest absolute Gasteiger partial charge is 0.455 e. The van der Waals surface area contributed by atoms with Gasteiger partial charge in [0.15, 0.2) is 17.5 Å². The lowest BCUT2D eigenvalue weighted by atomic mass is 9.95. The minimum atomic E-state index is -0.452. The van der Waals surface area contributed by atoms with Gasteiger partial charge < -0.3 is 8.83 Å². The monoisotopic (exact) mass is 646 g/mol. The van der Waals surface area contributed by atoms with Crippen molar-refractivity contribution in [1.29, 1.82) is 0 Å². The molecular weight excluding hydrogens is 615 g/mol. The van der Waals surface area contributed by atoms with Gasteiger partial charge in [0.1, 0.15) is 22.3 Å². The minimum Gasteiger partial charge on any atom is -0.455 e. The van der Waals surface area contributed by atoms with Crippen LogP contribution in [0.25, 0.3) is 100 Å². The predicted molar refractivity (Wildman–Crippen MR) is 202 cm³/mol. The number of benzene rings is 7. The Morgan fingerprint density at radius 1 is 0.380 bits per heavy atom. The Morgan fingerprint density at radius 2 is 1.02 bits per heavy atom. The van der Waals surface area contributed by atoms with Crippen LogP contribution in [0.1, 0.15) is 6.85 Å². The molecule has 0 saturated carbocycles. The van der Waals surface area contributed by atoms with Crippen LogP contribution in [0.4, 0.5) is 0 Å². The molecule has 5 nitrogen and oxygen atoms in total. The highest BCUT2D eigenvalue weighted by Gasteiger charge is 2.20. The van der Waals surface area contributed by atoms with Crippen LogP contribution in [-0.4, -0.2) is 15.0 Å². The van der Waals surface area contributed by atoms with Crippen molar-refractivity contribution < 1.29 is 15.7 Å². The van der Waals surface area contributed by atoms with Gasteiger partial charge in [0.2, 0.25) is 0 Å². The van der Waals surface area contributed by atoms with E-state index in [1.165, 1.54) is 0 Å². The number of aromatic nitrogens is 3. The molecule has 10 aromatic rings. The van der Waals surface area contributed by atoms with Crippen LogP contribution in [0.2, 0.25) is 0 Å². The van der Waals surface area contributed by atoms with Gasteiger partial charge in [0.25, 0.3) is 0 Å². The fourth-order valence-corrected chi connectivity index (χ4v) is 6.65. The quantitative estimate of drug-likeness (QED) is 0.186. The second kappa shape index (κ2) is 11.4. The molecule has 50 heavy (non-hydrogen) atoms. The van der Waals surface area contributed by atoms with Crippen LogP contribution >= 0.6 is 0 Å². The summed E-state index contributed by atoms with van der Waals surface area (Å²) in [5, 5.41) is 3.49. The summed E-state index contributed by atoms with van der Waals surface area (Å²) in [4.78, 5) is 14.9. The average molecular weight is 647 g/mol. The van der Waals surface area contributed by atoms with Crippen molar-refractivity contribution >= 4 is 43.9 Å². The SMILES string of the molecule is [2H]c1c([2H])c([2H])c(-c2cc(-c3ccccc3)cc3c2oc2cc(-c4nc(-c5ccccc5)nc(-c5cccc6c5oc5ccccc56)n4)ccc23)c([2H])c1[2H]. The molecule has 3 heterocycles. The van der Waals surface area contributed by atoms with Crippen molar-refractivity contribution in [2.45, 2.75) is 0 Å². The van der Waals surface area contributed by atoms with E-state index >= 15 is 0 Å². The van der Waals surface area contributed by atoms with Crippen LogP contribution in [0.5, 0.6) is 0 Å². The van der Waals surface area contributed by atoms with Gasteiger partial charge >= 0.3 is 0 Å². The second-order valence-corrected chi connectivity index (χ2v) is 12.0. The van der Waals surface area contributed by atoms with Crippen LogP contribution in [0.15, 0.2) is 173 Å². The van der Waals surface area contributed by atoms with Crippen molar-refractivity contribution in [2.75, 3.05) is 0 Å². The Kier molecular flexibility index (Phi) is 5.35. The number of nitrogens with zero attached hydrogens (tertiary/aromatic N) is 3. The first-order valence-corrected chi connectivity index (χ1v) is 16.2. The van der Waals surface area contributed by atoms with E-state index in [-0.39, 0.29) is 17.6 Å². The van der Waals surface area contributed by atoms with Crippen LogP contribution in [0, 0.1) is 0 Å². The third-order valence-corrected chi connectivity index (χ3v) is 9.02. The first kappa shape index (κ1) is 23.5. The molecule has 0 spiro atoms. The summed E-state index contributed by atoms with van der Waals surface area (Å²) in [6, 6.07) is 41.1. The van der Waals surface area contributed by atoms with E-state index in [1.54, 1.807) is 0 Å². The van der Waals surface area contributed by atoms with Gasteiger partial charge in [-0.3, -0.25) is 0 Å². The van der Waals surface area contributed by atoms with E-state index < -0.39 is 18.1 Å². The molecule has 0 unspecified atom stereocenters. The lowest BCUT2D eigenvalue weighted by Crippen LogP contribution is -2.00. The summed E-state index contributed by atoms with van der Waals surface area (Å²) in [6.45, 7) is 0. The zero-order valence-electron chi connectivity index (χ0n) is 31.4. The Balaban J connectivity index is 1.20. The number of hydrogen-bond acceptors (Lipinski definition) is 5. The van der Waals surface area contributed by atoms with E-state index in [1.807, 2.05) is 133 Å². The highest BCUT2D eigenvalue weighted by Crippen LogP contribution is 2.41. The molecule has 0 aliphatic rings. The van der Waals surface area contributed by atoms with E-state index in [0.29, 0.717) is 45.3 Å². The number of furan rings is 2. The third kappa shape index (κ3) is 4.67. The van der Waals surface area contributed by atoms with Crippen LogP contribution in [-0.2, 0) is 0 Å². The molecule has 7 aromatic carbocycles. The van der Waals surface area contributed by atoms with E-state index in [4.69, 9.17) is 30.6 Å². The molecule has 0 fully saturated rings. The van der Waals surface area contributed by atoms with Gasteiger partial charge in [-0.05, 0) is 53.1 Å². The average Bonchev–Trinajstić information content (AvgIpc) is 3.81. The Bertz CT molecular complexity index is 3130. The molecule has 0 radical (unpaired) electrons. The number of para-hydroxylation sites is 2. The number of fused-ring (bicyclic) bond motifs is 6. The van der Waals surface area contributed by atoms with Crippen molar-refractivity contribution in [1.82, 2.24) is 15.0 Å². The topological polar surface area (TPSA) is 65.0 Å². The van der Waals surface area contributed by atoms with Gasteiger partial charge in [-0.25, -0.2) is 15.0 Å². The third-order valence-electron chi connectivity index (χ3n) is 9.02. The molecule has 3 aromatic heterocycles. The fraction of sp³-hybridized carbons (Fsp3) is 0. The Hall–Kier alpha value is -6.85. The zero-order chi connectivity index (χ0) is 37.4. The maximum atomic E-state index is 8.82. The summed E-state index contributed by atoms with van der Waals surface area (Å²) in [6.07, 6.45) is 0. The highest BCUT2D eigenvalue weighted by atomic mass is 16.3. The maximum Gasteiger partial charge on any atom is 0.167 e. The number of hydrogen-bond donors (Lipinski definition) is 0. The van der Waals surface area contributed by atoms with Gasteiger partial charge in [0, 0.05) is 38.2 Å². The lowest BCUT2D eigenvalue weighted by Gasteiger charge is -2.09. The fourth-order valence-electron chi connectivity index (χ4n) is 6.65. The zero-order valence-corrected chi connectivity index (χ0v) is 26.4. The first-order chi connectivity index (χ1) is 26.8. The van der Waals surface area contributed by atoms with E-state index in [2.05, 4.69) is 0 Å². The van der Waals surface area contributed by atoms with Crippen molar-refractivity contribution in [3.05, 3.63) is 164 Å². The normalized spacial score (nSPS) is 13.0. The number of rotatable bonds is 5. The lowest BCUT2D eigenvalue weighted by molar-refractivity contribution is 0.669. The van der Waals surface area contributed by atoms with Crippen molar-refractivity contribution in [3.8, 4) is 56.4 Å². The van der Waals surface area contributed by atoms with Crippen molar-refractivity contribution in [3.63, 3.8) is 0 Å². The maximum absolute atomic E-state index is 8.82. The van der Waals surface area contributed by atoms with E-state index in [0.717, 1.165) is 49.4 Å². The molecule has 0 aliphatic heterocycles. The smallest absolute Gasteiger partial charge is 0.167 e.